The summed E-state index contributed by atoms with van der Waals surface area (Å²) in [5, 5.41) is 11.1. The van der Waals surface area contributed by atoms with Gasteiger partial charge in [-0.2, -0.15) is 11.8 Å². The third-order valence-electron chi connectivity index (χ3n) is 7.40. The molecule has 13 nitrogen and oxygen atoms in total. The lowest BCUT2D eigenvalue weighted by molar-refractivity contribution is -0.199. The summed E-state index contributed by atoms with van der Waals surface area (Å²) in [6.45, 7) is 7.30. The monoisotopic (exact) mass is 647 g/mol. The van der Waals surface area contributed by atoms with Crippen LogP contribution in [-0.4, -0.2) is 83.2 Å². The minimum atomic E-state index is -1.22. The Labute approximate surface area is 268 Å². The van der Waals surface area contributed by atoms with E-state index in [0.29, 0.717) is 30.1 Å². The van der Waals surface area contributed by atoms with E-state index in [2.05, 4.69) is 21.3 Å². The van der Waals surface area contributed by atoms with Gasteiger partial charge in [0.05, 0.1) is 0 Å². The SMILES string of the molecule is CCC(C)[C@H](NC(=O)[C@H](CCSC)NC=O)C(=O)N[C@@H](Cc1ccccc1)C(=O)N[C@@H](CC(C)C)C(=O)ON1C(=O)CCC1=O. The third-order valence-corrected chi connectivity index (χ3v) is 8.04. The first-order valence-corrected chi connectivity index (χ1v) is 16.5. The van der Waals surface area contributed by atoms with E-state index in [1.54, 1.807) is 31.2 Å². The summed E-state index contributed by atoms with van der Waals surface area (Å²) in [5.41, 5.74) is 0.727. The zero-order chi connectivity index (χ0) is 33.5. The highest BCUT2D eigenvalue weighted by Gasteiger charge is 2.37. The van der Waals surface area contributed by atoms with E-state index in [-0.39, 0.29) is 37.5 Å². The van der Waals surface area contributed by atoms with Crippen molar-refractivity contribution in [3.8, 4) is 0 Å². The first kappa shape index (κ1) is 37.2. The fraction of sp³-hybridized carbons (Fsp3) is 0.581. The number of rotatable bonds is 19. The molecule has 1 unspecified atom stereocenters. The van der Waals surface area contributed by atoms with Crippen molar-refractivity contribution in [1.29, 1.82) is 0 Å². The van der Waals surface area contributed by atoms with Crippen LogP contribution in [0, 0.1) is 11.8 Å². The Morgan fingerprint density at radius 2 is 1.51 bits per heavy atom. The van der Waals surface area contributed by atoms with Gasteiger partial charge in [-0.1, -0.05) is 64.4 Å². The molecule has 1 aromatic rings. The van der Waals surface area contributed by atoms with Gasteiger partial charge in [-0.15, -0.1) is 5.06 Å². The maximum Gasteiger partial charge on any atom is 0.355 e. The zero-order valence-electron chi connectivity index (χ0n) is 26.5. The van der Waals surface area contributed by atoms with Gasteiger partial charge in [0.2, 0.25) is 24.1 Å². The predicted molar refractivity (Wildman–Crippen MR) is 168 cm³/mol. The van der Waals surface area contributed by atoms with Crippen molar-refractivity contribution in [1.82, 2.24) is 26.3 Å². The Hall–Kier alpha value is -3.94. The maximum atomic E-state index is 13.7. The molecule has 248 valence electrons. The first-order valence-electron chi connectivity index (χ1n) is 15.1. The minimum absolute atomic E-state index is 0.0647. The Kier molecular flexibility index (Phi) is 15.5. The fourth-order valence-electron chi connectivity index (χ4n) is 4.65. The molecule has 0 aromatic heterocycles. The zero-order valence-corrected chi connectivity index (χ0v) is 27.3. The van der Waals surface area contributed by atoms with Gasteiger partial charge in [0, 0.05) is 19.3 Å². The summed E-state index contributed by atoms with van der Waals surface area (Å²) >= 11 is 1.51. The number of imide groups is 1. The van der Waals surface area contributed by atoms with Crippen LogP contribution < -0.4 is 21.3 Å². The second-order valence-corrected chi connectivity index (χ2v) is 12.4. The van der Waals surface area contributed by atoms with Crippen molar-refractivity contribution in [2.45, 2.75) is 90.4 Å². The molecule has 0 radical (unpaired) electrons. The first-order chi connectivity index (χ1) is 21.4. The van der Waals surface area contributed by atoms with Gasteiger partial charge in [0.1, 0.15) is 24.2 Å². The lowest BCUT2D eigenvalue weighted by Gasteiger charge is -2.29. The van der Waals surface area contributed by atoms with E-state index in [0.717, 1.165) is 5.56 Å². The number of benzene rings is 1. The number of hydroxylamine groups is 2. The van der Waals surface area contributed by atoms with Crippen LogP contribution in [0.15, 0.2) is 30.3 Å². The van der Waals surface area contributed by atoms with Gasteiger partial charge in [-0.25, -0.2) is 4.79 Å². The average Bonchev–Trinajstić information content (AvgIpc) is 3.32. The molecule has 0 bridgehead atoms. The van der Waals surface area contributed by atoms with Crippen molar-refractivity contribution >= 4 is 53.7 Å². The Bertz CT molecular complexity index is 1180. The van der Waals surface area contributed by atoms with Crippen molar-refractivity contribution < 1.29 is 38.4 Å². The van der Waals surface area contributed by atoms with Gasteiger partial charge in [-0.05, 0) is 42.2 Å². The molecule has 1 aliphatic rings. The molecule has 4 N–H and O–H groups in total. The maximum absolute atomic E-state index is 13.7. The molecule has 1 heterocycles. The van der Waals surface area contributed by atoms with E-state index in [4.69, 9.17) is 4.84 Å². The van der Waals surface area contributed by atoms with Crippen LogP contribution in [-0.2, 0) is 44.8 Å². The molecule has 5 atom stereocenters. The number of hydrogen-bond donors (Lipinski definition) is 4. The highest BCUT2D eigenvalue weighted by atomic mass is 32.2. The van der Waals surface area contributed by atoms with Crippen molar-refractivity contribution in [2.24, 2.45) is 11.8 Å². The molecule has 45 heavy (non-hydrogen) atoms. The van der Waals surface area contributed by atoms with E-state index in [1.807, 2.05) is 33.1 Å². The fourth-order valence-corrected chi connectivity index (χ4v) is 5.12. The standard InChI is InChI=1S/C31H45N5O8S/c1-6-20(4)27(35-28(40)22(32-18-37)14-15-45-5)30(42)33-23(17-21-10-8-7-9-11-21)29(41)34-24(16-19(2)3)31(43)44-36-25(38)12-13-26(36)39/h7-11,18-20,22-24,27H,6,12-17H2,1-5H3,(H,32,37)(H,33,42)(H,34,41)(H,35,40)/t20?,22-,23-,24-,27-/m0/s1. The summed E-state index contributed by atoms with van der Waals surface area (Å²) in [4.78, 5) is 93.8. The van der Waals surface area contributed by atoms with Gasteiger partial charge in [-0.3, -0.25) is 28.8 Å². The van der Waals surface area contributed by atoms with Crippen LogP contribution >= 0.6 is 11.8 Å². The summed E-state index contributed by atoms with van der Waals surface area (Å²) in [6, 6.07) is 4.70. The van der Waals surface area contributed by atoms with Crippen molar-refractivity contribution in [2.75, 3.05) is 12.0 Å². The summed E-state index contributed by atoms with van der Waals surface area (Å²) in [7, 11) is 0. The molecule has 1 aromatic carbocycles. The number of carbonyl (C=O) groups is 7. The molecule has 1 aliphatic heterocycles. The van der Waals surface area contributed by atoms with Crippen LogP contribution in [0.1, 0.15) is 65.4 Å². The van der Waals surface area contributed by atoms with Gasteiger partial charge < -0.3 is 26.1 Å². The number of nitrogens with one attached hydrogen (secondary N) is 4. The van der Waals surface area contributed by atoms with Crippen molar-refractivity contribution in [3.05, 3.63) is 35.9 Å². The average molecular weight is 648 g/mol. The second-order valence-electron chi connectivity index (χ2n) is 11.4. The van der Waals surface area contributed by atoms with Crippen LogP contribution in [0.3, 0.4) is 0 Å². The topological polar surface area (TPSA) is 180 Å². The number of thioether (sulfide) groups is 1. The Morgan fingerprint density at radius 3 is 2.07 bits per heavy atom. The molecule has 0 aliphatic carbocycles. The third kappa shape index (κ3) is 11.8. The summed E-state index contributed by atoms with van der Waals surface area (Å²) in [6.07, 6.45) is 3.26. The number of amides is 6. The summed E-state index contributed by atoms with van der Waals surface area (Å²) in [5.74, 6) is -3.89. The molecule has 6 amide bonds. The molecule has 0 spiro atoms. The second kappa shape index (κ2) is 18.8. The van der Waals surface area contributed by atoms with E-state index in [1.165, 1.54) is 11.8 Å². The molecule has 2 rings (SSSR count). The normalized spacial score (nSPS) is 16.3. The highest BCUT2D eigenvalue weighted by molar-refractivity contribution is 7.98. The molecule has 14 heteroatoms. The van der Waals surface area contributed by atoms with Crippen LogP contribution in [0.2, 0.25) is 0 Å². The lowest BCUT2D eigenvalue weighted by atomic mass is 9.96. The molecular formula is C31H45N5O8S. The van der Waals surface area contributed by atoms with E-state index in [9.17, 15) is 33.6 Å². The summed E-state index contributed by atoms with van der Waals surface area (Å²) < 4.78 is 0. The van der Waals surface area contributed by atoms with Gasteiger partial charge in [0.25, 0.3) is 11.8 Å². The van der Waals surface area contributed by atoms with Crippen LogP contribution in [0.5, 0.6) is 0 Å². The molecular weight excluding hydrogens is 602 g/mol. The van der Waals surface area contributed by atoms with Crippen LogP contribution in [0.25, 0.3) is 0 Å². The van der Waals surface area contributed by atoms with E-state index < -0.39 is 59.7 Å². The number of nitrogens with zero attached hydrogens (tertiary/aromatic N) is 1. The quantitative estimate of drug-likeness (QED) is 0.127. The van der Waals surface area contributed by atoms with Crippen LogP contribution in [0.4, 0.5) is 0 Å². The molecule has 1 saturated heterocycles. The minimum Gasteiger partial charge on any atom is -0.347 e. The van der Waals surface area contributed by atoms with Crippen molar-refractivity contribution in [3.63, 3.8) is 0 Å². The number of hydrogen-bond acceptors (Lipinski definition) is 9. The Balaban J connectivity index is 2.31. The lowest BCUT2D eigenvalue weighted by Crippen LogP contribution is -2.59. The van der Waals surface area contributed by atoms with E-state index >= 15 is 0 Å². The molecule has 1 fully saturated rings. The Morgan fingerprint density at radius 1 is 0.911 bits per heavy atom. The van der Waals surface area contributed by atoms with Gasteiger partial charge >= 0.3 is 5.97 Å². The van der Waals surface area contributed by atoms with Gasteiger partial charge in [0.15, 0.2) is 0 Å². The smallest absolute Gasteiger partial charge is 0.347 e. The highest BCUT2D eigenvalue weighted by Crippen LogP contribution is 2.16. The predicted octanol–water partition coefficient (Wildman–Crippen LogP) is 1.25. The number of carbonyl (C=O) groups excluding carboxylic acids is 7. The molecule has 0 saturated carbocycles. The largest absolute Gasteiger partial charge is 0.355 e.